The number of hydrogen-bond donors (Lipinski definition) is 1. The summed E-state index contributed by atoms with van der Waals surface area (Å²) >= 11 is 1.27. The van der Waals surface area contributed by atoms with Gasteiger partial charge in [0.25, 0.3) is 5.91 Å². The molecule has 0 fully saturated rings. The largest absolute Gasteiger partial charge is 0.416 e. The number of thiazole rings is 1. The van der Waals surface area contributed by atoms with Gasteiger partial charge in [0.1, 0.15) is 6.61 Å². The number of ether oxygens (including phenoxy) is 1. The van der Waals surface area contributed by atoms with E-state index in [0.29, 0.717) is 11.6 Å². The first-order valence-electron chi connectivity index (χ1n) is 6.28. The summed E-state index contributed by atoms with van der Waals surface area (Å²) in [5, 5.41) is 3.01. The average Bonchev–Trinajstić information content (AvgIpc) is 2.85. The molecule has 2 rings (SSSR count). The Morgan fingerprint density at radius 2 is 2.00 bits per heavy atom. The highest BCUT2D eigenvalue weighted by Gasteiger charge is 2.29. The minimum Gasteiger partial charge on any atom is -0.375 e. The maximum absolute atomic E-state index is 12.5. The highest BCUT2D eigenvalue weighted by atomic mass is 32.1. The predicted octanol–water partition coefficient (Wildman–Crippen LogP) is 3.34. The Bertz CT molecular complexity index is 638. The van der Waals surface area contributed by atoms with Gasteiger partial charge in [0.2, 0.25) is 0 Å². The van der Waals surface area contributed by atoms with Crippen LogP contribution < -0.4 is 5.32 Å². The molecule has 1 N–H and O–H groups in total. The second kappa shape index (κ2) is 6.89. The van der Waals surface area contributed by atoms with E-state index >= 15 is 0 Å². The van der Waals surface area contributed by atoms with Crippen LogP contribution in [0.2, 0.25) is 0 Å². The molecule has 1 amide bonds. The number of carbonyl (C=O) groups excluding carboxylic acids is 1. The summed E-state index contributed by atoms with van der Waals surface area (Å²) in [6.07, 6.45) is -2.29. The molecule has 0 aliphatic heterocycles. The van der Waals surface area contributed by atoms with Crippen molar-refractivity contribution in [2.75, 3.05) is 19.0 Å². The maximum atomic E-state index is 12.5. The van der Waals surface area contributed by atoms with E-state index in [2.05, 4.69) is 15.0 Å². The summed E-state index contributed by atoms with van der Waals surface area (Å²) in [7, 11) is 1.41. The third-order valence-corrected chi connectivity index (χ3v) is 3.65. The van der Waals surface area contributed by atoms with Gasteiger partial charge in [-0.15, -0.1) is 11.3 Å². The molecule has 4 nitrogen and oxygen atoms in total. The number of carbonyl (C=O) groups is 1. The van der Waals surface area contributed by atoms with Crippen LogP contribution in [0.1, 0.15) is 16.0 Å². The molecular formula is C14H13F3N2O2S. The lowest BCUT2D eigenvalue weighted by molar-refractivity contribution is -0.137. The van der Waals surface area contributed by atoms with E-state index in [0.717, 1.165) is 22.6 Å². The third-order valence-electron chi connectivity index (χ3n) is 2.73. The van der Waals surface area contributed by atoms with Gasteiger partial charge in [0.15, 0.2) is 5.13 Å². The Labute approximate surface area is 128 Å². The first-order valence-corrected chi connectivity index (χ1v) is 7.10. The zero-order valence-electron chi connectivity index (χ0n) is 11.6. The van der Waals surface area contributed by atoms with Gasteiger partial charge in [-0.25, -0.2) is 4.98 Å². The van der Waals surface area contributed by atoms with Crippen LogP contribution in [0.5, 0.6) is 0 Å². The van der Waals surface area contributed by atoms with Crippen LogP contribution in [-0.2, 0) is 22.1 Å². The van der Waals surface area contributed by atoms with E-state index in [-0.39, 0.29) is 12.5 Å². The first-order chi connectivity index (χ1) is 10.4. The van der Waals surface area contributed by atoms with Gasteiger partial charge in [0, 0.05) is 24.6 Å². The van der Waals surface area contributed by atoms with Gasteiger partial charge >= 0.3 is 6.18 Å². The molecule has 0 atom stereocenters. The lowest BCUT2D eigenvalue weighted by Crippen LogP contribution is -2.16. The molecule has 0 unspecified atom stereocenters. The quantitative estimate of drug-likeness (QED) is 0.915. The number of benzene rings is 1. The number of amides is 1. The molecule has 0 radical (unpaired) electrons. The summed E-state index contributed by atoms with van der Waals surface area (Å²) in [6, 6.07) is 4.98. The first kappa shape index (κ1) is 16.4. The van der Waals surface area contributed by atoms with E-state index in [4.69, 9.17) is 0 Å². The molecule has 0 aliphatic rings. The molecule has 0 bridgehead atoms. The number of aromatic nitrogens is 1. The van der Waals surface area contributed by atoms with Crippen LogP contribution in [0.15, 0.2) is 30.5 Å². The standard InChI is InChI=1S/C14H13F3N2O2S/c1-21-8-12(20)19-13-18-7-11(22-13)6-9-2-4-10(5-3-9)14(15,16)17/h2-5,7H,6,8H2,1H3,(H,18,19,20). The minimum atomic E-state index is -4.33. The Morgan fingerprint density at radius 1 is 1.32 bits per heavy atom. The van der Waals surface area contributed by atoms with Crippen molar-refractivity contribution in [3.63, 3.8) is 0 Å². The summed E-state index contributed by atoms with van der Waals surface area (Å²) in [5.74, 6) is -0.307. The predicted molar refractivity (Wildman–Crippen MR) is 76.9 cm³/mol. The van der Waals surface area contributed by atoms with Gasteiger partial charge in [0.05, 0.1) is 5.56 Å². The van der Waals surface area contributed by atoms with E-state index in [1.54, 1.807) is 6.20 Å². The van der Waals surface area contributed by atoms with E-state index in [1.165, 1.54) is 30.6 Å². The Hall–Kier alpha value is -1.93. The Kier molecular flexibility index (Phi) is 5.15. The van der Waals surface area contributed by atoms with Crippen LogP contribution in [0.25, 0.3) is 0 Å². The summed E-state index contributed by atoms with van der Waals surface area (Å²) in [6.45, 7) is -0.0617. The highest BCUT2D eigenvalue weighted by Crippen LogP contribution is 2.29. The highest BCUT2D eigenvalue weighted by molar-refractivity contribution is 7.15. The SMILES string of the molecule is COCC(=O)Nc1ncc(Cc2ccc(C(F)(F)F)cc2)s1. The number of alkyl halides is 3. The summed E-state index contributed by atoms with van der Waals surface area (Å²) < 4.78 is 42.1. The van der Waals surface area contributed by atoms with Crippen molar-refractivity contribution >= 4 is 22.4 Å². The molecule has 1 heterocycles. The lowest BCUT2D eigenvalue weighted by Gasteiger charge is -2.06. The fraction of sp³-hybridized carbons (Fsp3) is 0.286. The molecule has 8 heteroatoms. The molecule has 2 aromatic rings. The number of anilines is 1. The number of methoxy groups -OCH3 is 1. The molecule has 118 valence electrons. The fourth-order valence-corrected chi connectivity index (χ4v) is 2.61. The van der Waals surface area contributed by atoms with Crippen molar-refractivity contribution < 1.29 is 22.7 Å². The van der Waals surface area contributed by atoms with E-state index in [9.17, 15) is 18.0 Å². The molecule has 0 spiro atoms. The maximum Gasteiger partial charge on any atom is 0.416 e. The zero-order valence-corrected chi connectivity index (χ0v) is 12.4. The molecule has 0 aliphatic carbocycles. The van der Waals surface area contributed by atoms with Crippen molar-refractivity contribution in [3.8, 4) is 0 Å². The molecule has 1 aromatic heterocycles. The fourth-order valence-electron chi connectivity index (χ4n) is 1.75. The summed E-state index contributed by atoms with van der Waals surface area (Å²) in [4.78, 5) is 16.2. The van der Waals surface area contributed by atoms with Gasteiger partial charge in [-0.1, -0.05) is 12.1 Å². The Morgan fingerprint density at radius 3 is 2.59 bits per heavy atom. The third kappa shape index (κ3) is 4.54. The van der Waals surface area contributed by atoms with Gasteiger partial charge in [-0.3, -0.25) is 10.1 Å². The number of hydrogen-bond acceptors (Lipinski definition) is 4. The van der Waals surface area contributed by atoms with Crippen molar-refractivity contribution in [2.24, 2.45) is 0 Å². The van der Waals surface area contributed by atoms with Crippen LogP contribution in [0, 0.1) is 0 Å². The van der Waals surface area contributed by atoms with Gasteiger partial charge in [-0.2, -0.15) is 13.2 Å². The number of rotatable bonds is 5. The van der Waals surface area contributed by atoms with Gasteiger partial charge in [-0.05, 0) is 17.7 Å². The van der Waals surface area contributed by atoms with Crippen LogP contribution in [0.3, 0.4) is 0 Å². The molecule has 0 saturated carbocycles. The topological polar surface area (TPSA) is 51.2 Å². The molecule has 0 saturated heterocycles. The van der Waals surface area contributed by atoms with Crippen molar-refractivity contribution in [3.05, 3.63) is 46.5 Å². The van der Waals surface area contributed by atoms with Crippen molar-refractivity contribution in [1.29, 1.82) is 0 Å². The smallest absolute Gasteiger partial charge is 0.375 e. The minimum absolute atomic E-state index is 0.0617. The monoisotopic (exact) mass is 330 g/mol. The van der Waals surface area contributed by atoms with Crippen LogP contribution >= 0.6 is 11.3 Å². The van der Waals surface area contributed by atoms with E-state index < -0.39 is 11.7 Å². The van der Waals surface area contributed by atoms with Crippen LogP contribution in [0.4, 0.5) is 18.3 Å². The number of nitrogens with one attached hydrogen (secondary N) is 1. The van der Waals surface area contributed by atoms with Crippen molar-refractivity contribution in [2.45, 2.75) is 12.6 Å². The normalized spacial score (nSPS) is 11.5. The van der Waals surface area contributed by atoms with Gasteiger partial charge < -0.3 is 4.74 Å². The second-order valence-electron chi connectivity index (χ2n) is 4.48. The Balaban J connectivity index is 1.99. The molecular weight excluding hydrogens is 317 g/mol. The number of halogens is 3. The zero-order chi connectivity index (χ0) is 16.2. The van der Waals surface area contributed by atoms with Crippen molar-refractivity contribution in [1.82, 2.24) is 4.98 Å². The van der Waals surface area contributed by atoms with Crippen LogP contribution in [-0.4, -0.2) is 24.6 Å². The summed E-state index contributed by atoms with van der Waals surface area (Å²) in [5.41, 5.74) is 0.0690. The van der Waals surface area contributed by atoms with E-state index in [1.807, 2.05) is 0 Å². The average molecular weight is 330 g/mol. The molecule has 1 aromatic carbocycles. The molecule has 22 heavy (non-hydrogen) atoms. The number of nitrogens with zero attached hydrogens (tertiary/aromatic N) is 1. The lowest BCUT2D eigenvalue weighted by atomic mass is 10.1. The second-order valence-corrected chi connectivity index (χ2v) is 5.60.